The van der Waals surface area contributed by atoms with E-state index in [1.807, 2.05) is 58.2 Å². The third-order valence-electron chi connectivity index (χ3n) is 6.65. The third-order valence-corrected chi connectivity index (χ3v) is 6.65. The predicted molar refractivity (Wildman–Crippen MR) is 141 cm³/mol. The van der Waals surface area contributed by atoms with Gasteiger partial charge in [0.2, 0.25) is 0 Å². The first-order chi connectivity index (χ1) is 17.5. The van der Waals surface area contributed by atoms with E-state index in [2.05, 4.69) is 25.2 Å². The van der Waals surface area contributed by atoms with Crippen molar-refractivity contribution < 1.29 is 14.3 Å². The highest BCUT2D eigenvalue weighted by atomic mass is 16.6. The summed E-state index contributed by atoms with van der Waals surface area (Å²) in [6.45, 7) is 13.9. The van der Waals surface area contributed by atoms with Gasteiger partial charge in [-0.25, -0.2) is 24.5 Å². The predicted octanol–water partition coefficient (Wildman–Crippen LogP) is 3.78. The van der Waals surface area contributed by atoms with Crippen molar-refractivity contribution in [2.75, 3.05) is 41.3 Å². The quantitative estimate of drug-likeness (QED) is 0.563. The van der Waals surface area contributed by atoms with E-state index < -0.39 is 5.60 Å². The fraction of sp³-hybridized carbons (Fsp3) is 0.500. The van der Waals surface area contributed by atoms with Crippen LogP contribution in [-0.2, 0) is 11.2 Å². The van der Waals surface area contributed by atoms with Crippen molar-refractivity contribution in [3.63, 3.8) is 0 Å². The molecule has 196 valence electrons. The molecule has 1 atom stereocenters. The second kappa shape index (κ2) is 9.20. The van der Waals surface area contributed by atoms with Gasteiger partial charge in [0.25, 0.3) is 0 Å². The van der Waals surface area contributed by atoms with Crippen LogP contribution < -0.4 is 15.1 Å². The molecule has 0 aromatic carbocycles. The smallest absolute Gasteiger partial charge is 0.410 e. The monoisotopic (exact) mass is 506 g/mol. The van der Waals surface area contributed by atoms with Crippen molar-refractivity contribution in [2.45, 2.75) is 59.6 Å². The van der Waals surface area contributed by atoms with E-state index in [4.69, 9.17) is 4.74 Å². The average Bonchev–Trinajstić information content (AvgIpc) is 3.41. The highest BCUT2D eigenvalue weighted by Crippen LogP contribution is 2.35. The third kappa shape index (κ3) is 4.90. The Balaban J connectivity index is 1.31. The number of imidazole rings is 1. The summed E-state index contributed by atoms with van der Waals surface area (Å²) in [7, 11) is 0. The number of aryl methyl sites for hydroxylation is 2. The number of nitrogens with one attached hydrogen (secondary N) is 1. The zero-order valence-corrected chi connectivity index (χ0v) is 22.3. The molecular weight excluding hydrogens is 472 g/mol. The maximum absolute atomic E-state index is 13.2. The fourth-order valence-electron chi connectivity index (χ4n) is 5.05. The minimum atomic E-state index is -0.526. The molecule has 1 N–H and O–H groups in total. The van der Waals surface area contributed by atoms with Crippen molar-refractivity contribution in [1.29, 1.82) is 0 Å². The van der Waals surface area contributed by atoms with Crippen molar-refractivity contribution >= 4 is 35.1 Å². The Morgan fingerprint density at radius 1 is 1.11 bits per heavy atom. The lowest BCUT2D eigenvalue weighted by Gasteiger charge is -2.41. The van der Waals surface area contributed by atoms with E-state index in [-0.39, 0.29) is 18.2 Å². The topological polar surface area (TPSA) is 108 Å². The Morgan fingerprint density at radius 3 is 2.62 bits per heavy atom. The maximum Gasteiger partial charge on any atom is 0.410 e. The number of carbonyl (C=O) groups excluding carboxylic acids is 2. The van der Waals surface area contributed by atoms with Gasteiger partial charge >= 0.3 is 12.1 Å². The van der Waals surface area contributed by atoms with Crippen LogP contribution in [0.3, 0.4) is 0 Å². The molecule has 3 aromatic heterocycles. The van der Waals surface area contributed by atoms with E-state index in [1.54, 1.807) is 22.2 Å². The molecule has 5 rings (SSSR count). The SMILES string of the molecule is Cc1cn2cc(NC(=O)N3CCc4c(N5CCN(C(=O)OC(C)(C)C)[C@H](C)C5)ccnc43)nc(C)c2n1. The first-order valence-electron chi connectivity index (χ1n) is 12.6. The summed E-state index contributed by atoms with van der Waals surface area (Å²) in [5.41, 5.74) is 3.98. The van der Waals surface area contributed by atoms with Gasteiger partial charge in [-0.05, 0) is 54.0 Å². The van der Waals surface area contributed by atoms with Crippen LogP contribution in [0.1, 0.15) is 44.6 Å². The summed E-state index contributed by atoms with van der Waals surface area (Å²) in [6, 6.07) is 1.72. The molecule has 0 radical (unpaired) electrons. The zero-order valence-electron chi connectivity index (χ0n) is 22.3. The van der Waals surface area contributed by atoms with Gasteiger partial charge in [-0.2, -0.15) is 0 Å². The van der Waals surface area contributed by atoms with Crippen LogP contribution >= 0.6 is 0 Å². The lowest BCUT2D eigenvalue weighted by Crippen LogP contribution is -2.55. The average molecular weight is 507 g/mol. The number of ether oxygens (including phenoxy) is 1. The Kier molecular flexibility index (Phi) is 6.17. The van der Waals surface area contributed by atoms with Crippen LogP contribution in [0.25, 0.3) is 5.65 Å². The summed E-state index contributed by atoms with van der Waals surface area (Å²) in [4.78, 5) is 45.1. The minimum absolute atomic E-state index is 0.00994. The van der Waals surface area contributed by atoms with E-state index in [0.717, 1.165) is 28.3 Å². The van der Waals surface area contributed by atoms with Crippen molar-refractivity contribution in [2.24, 2.45) is 0 Å². The van der Waals surface area contributed by atoms with Gasteiger partial charge in [-0.15, -0.1) is 0 Å². The number of aromatic nitrogens is 4. The van der Waals surface area contributed by atoms with Crippen LogP contribution in [0.5, 0.6) is 0 Å². The molecule has 0 bridgehead atoms. The highest BCUT2D eigenvalue weighted by Gasteiger charge is 2.34. The number of urea groups is 1. The fourth-order valence-corrected chi connectivity index (χ4v) is 5.05. The standard InChI is InChI=1S/C26H34N8O3/c1-16-13-32-15-21(29-18(3)22(32)28-16)30-24(35)34-10-8-19-20(7-9-27-23(19)34)31-11-12-33(17(2)14-31)25(36)37-26(4,5)6/h7,9,13,15,17H,8,10-12,14H2,1-6H3,(H,30,35)/t17-/m1/s1. The molecule has 2 aliphatic rings. The number of rotatable bonds is 2. The van der Waals surface area contributed by atoms with Gasteiger partial charge < -0.3 is 18.9 Å². The van der Waals surface area contributed by atoms with Gasteiger partial charge in [0, 0.05) is 55.9 Å². The highest BCUT2D eigenvalue weighted by molar-refractivity contribution is 6.02. The van der Waals surface area contributed by atoms with Crippen LogP contribution in [-0.4, -0.2) is 74.2 Å². The van der Waals surface area contributed by atoms with Gasteiger partial charge in [-0.3, -0.25) is 10.2 Å². The van der Waals surface area contributed by atoms with E-state index in [9.17, 15) is 9.59 Å². The molecule has 1 saturated heterocycles. The summed E-state index contributed by atoms with van der Waals surface area (Å²) in [5.74, 6) is 1.12. The van der Waals surface area contributed by atoms with Gasteiger partial charge in [0.1, 0.15) is 11.4 Å². The number of anilines is 3. The van der Waals surface area contributed by atoms with Crippen molar-refractivity contribution in [3.8, 4) is 0 Å². The normalized spacial score (nSPS) is 17.8. The summed E-state index contributed by atoms with van der Waals surface area (Å²) < 4.78 is 7.46. The first-order valence-corrected chi connectivity index (χ1v) is 12.6. The largest absolute Gasteiger partial charge is 0.444 e. The number of carbonyl (C=O) groups is 2. The van der Waals surface area contributed by atoms with Gasteiger partial charge in [0.05, 0.1) is 17.6 Å². The van der Waals surface area contributed by atoms with Crippen molar-refractivity contribution in [1.82, 2.24) is 24.3 Å². The molecule has 2 aliphatic heterocycles. The molecule has 3 aromatic rings. The van der Waals surface area contributed by atoms with Gasteiger partial charge in [-0.1, -0.05) is 0 Å². The van der Waals surface area contributed by atoms with Gasteiger partial charge in [0.15, 0.2) is 11.5 Å². The Hall–Kier alpha value is -3.89. The number of hydrogen-bond donors (Lipinski definition) is 1. The Morgan fingerprint density at radius 2 is 1.89 bits per heavy atom. The summed E-state index contributed by atoms with van der Waals surface area (Å²) in [6.07, 6.45) is 5.84. The van der Waals surface area contributed by atoms with Crippen LogP contribution in [0.4, 0.5) is 26.9 Å². The van der Waals surface area contributed by atoms with Crippen LogP contribution in [0, 0.1) is 13.8 Å². The number of piperazine rings is 1. The van der Waals surface area contributed by atoms with Crippen molar-refractivity contribution in [3.05, 3.63) is 41.6 Å². The first kappa shape index (κ1) is 24.8. The lowest BCUT2D eigenvalue weighted by molar-refractivity contribution is 0.0159. The maximum atomic E-state index is 13.2. The molecule has 0 spiro atoms. The molecule has 11 nitrogen and oxygen atoms in total. The summed E-state index contributed by atoms with van der Waals surface area (Å²) in [5, 5.41) is 2.93. The van der Waals surface area contributed by atoms with Crippen LogP contribution in [0.2, 0.25) is 0 Å². The Labute approximate surface area is 216 Å². The molecule has 0 saturated carbocycles. The van der Waals surface area contributed by atoms with E-state index in [1.165, 1.54) is 0 Å². The van der Waals surface area contributed by atoms with E-state index in [0.29, 0.717) is 44.2 Å². The molecule has 5 heterocycles. The second-order valence-electron chi connectivity index (χ2n) is 10.8. The number of hydrogen-bond acceptors (Lipinski definition) is 7. The molecule has 0 unspecified atom stereocenters. The zero-order chi connectivity index (χ0) is 26.5. The number of amides is 3. The lowest BCUT2D eigenvalue weighted by atomic mass is 10.1. The van der Waals surface area contributed by atoms with Crippen LogP contribution in [0.15, 0.2) is 24.7 Å². The molecule has 1 fully saturated rings. The minimum Gasteiger partial charge on any atom is -0.444 e. The molecule has 37 heavy (non-hydrogen) atoms. The molecule has 11 heteroatoms. The Bertz CT molecular complexity index is 1360. The number of pyridine rings is 1. The number of fused-ring (bicyclic) bond motifs is 2. The molecular formula is C26H34N8O3. The second-order valence-corrected chi connectivity index (χ2v) is 10.8. The molecule has 3 amide bonds. The summed E-state index contributed by atoms with van der Waals surface area (Å²) >= 11 is 0. The number of nitrogens with zero attached hydrogens (tertiary/aromatic N) is 7. The van der Waals surface area contributed by atoms with E-state index >= 15 is 0 Å². The molecule has 0 aliphatic carbocycles.